The van der Waals surface area contributed by atoms with Crippen LogP contribution >= 0.6 is 0 Å². The lowest BCUT2D eigenvalue weighted by molar-refractivity contribution is -0.185. The molecule has 0 saturated carbocycles. The number of alkyl halides is 3. The van der Waals surface area contributed by atoms with Gasteiger partial charge in [-0.2, -0.15) is 13.2 Å². The molecule has 28 heavy (non-hydrogen) atoms. The van der Waals surface area contributed by atoms with E-state index in [9.17, 15) is 27.2 Å². The third kappa shape index (κ3) is 4.59. The summed E-state index contributed by atoms with van der Waals surface area (Å²) in [5.41, 5.74) is 1.46. The number of anilines is 2. The van der Waals surface area contributed by atoms with Crippen molar-refractivity contribution in [3.8, 4) is 0 Å². The van der Waals surface area contributed by atoms with Crippen molar-refractivity contribution in [3.05, 3.63) is 59.9 Å². The second-order valence-electron chi connectivity index (χ2n) is 6.29. The average molecular weight is 395 g/mol. The number of nitrogens with one attached hydrogen (secondary N) is 1. The maximum Gasteiger partial charge on any atom is 0.471 e. The molecule has 3 rings (SSSR count). The molecular formula is C19H17F4N3O2. The third-order valence-electron chi connectivity index (χ3n) is 4.39. The van der Waals surface area contributed by atoms with Crippen LogP contribution in [0.15, 0.2) is 48.5 Å². The van der Waals surface area contributed by atoms with E-state index in [-0.39, 0.29) is 31.7 Å². The molecule has 2 amide bonds. The van der Waals surface area contributed by atoms with Gasteiger partial charge in [-0.25, -0.2) is 4.39 Å². The lowest BCUT2D eigenvalue weighted by atomic mass is 10.2. The molecule has 1 N–H and O–H groups in total. The molecule has 1 aliphatic heterocycles. The molecule has 1 aliphatic rings. The number of halogens is 4. The SMILES string of the molecule is O=C(Nc1ccc(N2CCN(C(=O)C(F)(F)F)CC2)cc1)c1cccc(F)c1. The van der Waals surface area contributed by atoms with E-state index < -0.39 is 23.8 Å². The quantitative estimate of drug-likeness (QED) is 0.812. The van der Waals surface area contributed by atoms with E-state index in [1.165, 1.54) is 18.2 Å². The normalized spacial score (nSPS) is 14.7. The van der Waals surface area contributed by atoms with Crippen LogP contribution in [0.4, 0.5) is 28.9 Å². The zero-order valence-electron chi connectivity index (χ0n) is 14.7. The first kappa shape index (κ1) is 19.7. The molecule has 0 aliphatic carbocycles. The smallest absolute Gasteiger partial charge is 0.368 e. The Kier molecular flexibility index (Phi) is 5.53. The molecule has 2 aromatic rings. The molecule has 9 heteroatoms. The minimum atomic E-state index is -4.86. The van der Waals surface area contributed by atoms with Crippen molar-refractivity contribution in [2.24, 2.45) is 0 Å². The first-order chi connectivity index (χ1) is 13.2. The summed E-state index contributed by atoms with van der Waals surface area (Å²) in [6, 6.07) is 12.1. The summed E-state index contributed by atoms with van der Waals surface area (Å²) in [4.78, 5) is 26.0. The van der Waals surface area contributed by atoms with Crippen LogP contribution in [0, 0.1) is 5.82 Å². The lowest BCUT2D eigenvalue weighted by Gasteiger charge is -2.36. The molecule has 0 bridgehead atoms. The molecule has 148 valence electrons. The number of hydrogen-bond acceptors (Lipinski definition) is 3. The fraction of sp³-hybridized carbons (Fsp3) is 0.263. The first-order valence-corrected chi connectivity index (χ1v) is 8.52. The standard InChI is InChI=1S/C19H17F4N3O2/c20-14-3-1-2-13(12-14)17(27)24-15-4-6-16(7-5-15)25-8-10-26(11-9-25)18(28)19(21,22)23/h1-7,12H,8-11H2,(H,24,27). The van der Waals surface area contributed by atoms with E-state index in [4.69, 9.17) is 0 Å². The minimum absolute atomic E-state index is 0.0175. The molecule has 5 nitrogen and oxygen atoms in total. The largest absolute Gasteiger partial charge is 0.471 e. The summed E-state index contributed by atoms with van der Waals surface area (Å²) in [6.45, 7) is 0.514. The molecule has 2 aromatic carbocycles. The monoisotopic (exact) mass is 395 g/mol. The Labute approximate surface area is 158 Å². The molecule has 1 heterocycles. The summed E-state index contributed by atoms with van der Waals surface area (Å²) in [6.07, 6.45) is -4.86. The molecule has 0 unspecified atom stereocenters. The van der Waals surface area contributed by atoms with Gasteiger partial charge in [-0.05, 0) is 42.5 Å². The zero-order chi connectivity index (χ0) is 20.3. The fourth-order valence-corrected chi connectivity index (χ4v) is 2.94. The van der Waals surface area contributed by atoms with Gasteiger partial charge < -0.3 is 15.1 Å². The van der Waals surface area contributed by atoms with Gasteiger partial charge in [-0.1, -0.05) is 6.07 Å². The second kappa shape index (κ2) is 7.87. The van der Waals surface area contributed by atoms with E-state index in [1.54, 1.807) is 24.3 Å². The number of nitrogens with zero attached hydrogens (tertiary/aromatic N) is 2. The lowest BCUT2D eigenvalue weighted by Crippen LogP contribution is -2.52. The maximum absolute atomic E-state index is 13.2. The summed E-state index contributed by atoms with van der Waals surface area (Å²) < 4.78 is 50.7. The molecular weight excluding hydrogens is 378 g/mol. The predicted octanol–water partition coefficient (Wildman–Crippen LogP) is 3.29. The topological polar surface area (TPSA) is 52.7 Å². The summed E-state index contributed by atoms with van der Waals surface area (Å²) in [5, 5.41) is 2.65. The van der Waals surface area contributed by atoms with Crippen molar-refractivity contribution < 1.29 is 27.2 Å². The van der Waals surface area contributed by atoms with Gasteiger partial charge in [-0.3, -0.25) is 9.59 Å². The van der Waals surface area contributed by atoms with Gasteiger partial charge in [0.25, 0.3) is 5.91 Å². The van der Waals surface area contributed by atoms with E-state index >= 15 is 0 Å². The second-order valence-corrected chi connectivity index (χ2v) is 6.29. The first-order valence-electron chi connectivity index (χ1n) is 8.52. The summed E-state index contributed by atoms with van der Waals surface area (Å²) in [7, 11) is 0. The highest BCUT2D eigenvalue weighted by molar-refractivity contribution is 6.04. The Bertz CT molecular complexity index is 860. The van der Waals surface area contributed by atoms with Crippen LogP contribution in [-0.2, 0) is 4.79 Å². The van der Waals surface area contributed by atoms with Crippen LogP contribution in [0.5, 0.6) is 0 Å². The van der Waals surface area contributed by atoms with Gasteiger partial charge in [0, 0.05) is 43.1 Å². The molecule has 1 fully saturated rings. The number of rotatable bonds is 3. The Balaban J connectivity index is 1.58. The van der Waals surface area contributed by atoms with Gasteiger partial charge in [0.15, 0.2) is 0 Å². The van der Waals surface area contributed by atoms with Gasteiger partial charge in [0.05, 0.1) is 0 Å². The van der Waals surface area contributed by atoms with E-state index in [0.29, 0.717) is 5.69 Å². The fourth-order valence-electron chi connectivity index (χ4n) is 2.94. The minimum Gasteiger partial charge on any atom is -0.368 e. The van der Waals surface area contributed by atoms with E-state index in [1.807, 2.05) is 4.90 Å². The maximum atomic E-state index is 13.2. The highest BCUT2D eigenvalue weighted by Crippen LogP contribution is 2.23. The van der Waals surface area contributed by atoms with Crippen molar-refractivity contribution in [3.63, 3.8) is 0 Å². The molecule has 1 saturated heterocycles. The highest BCUT2D eigenvalue weighted by atomic mass is 19.4. The highest BCUT2D eigenvalue weighted by Gasteiger charge is 2.43. The number of piperazine rings is 1. The van der Waals surface area contributed by atoms with E-state index in [0.717, 1.165) is 16.7 Å². The number of benzene rings is 2. The number of hydrogen-bond donors (Lipinski definition) is 1. The Hall–Kier alpha value is -3.10. The molecule has 0 aromatic heterocycles. The number of amides is 2. The Morgan fingerprint density at radius 1 is 0.929 bits per heavy atom. The van der Waals surface area contributed by atoms with Crippen LogP contribution in [-0.4, -0.2) is 49.1 Å². The Morgan fingerprint density at radius 3 is 2.14 bits per heavy atom. The van der Waals surface area contributed by atoms with Gasteiger partial charge in [-0.15, -0.1) is 0 Å². The van der Waals surface area contributed by atoms with Crippen molar-refractivity contribution in [2.45, 2.75) is 6.18 Å². The van der Waals surface area contributed by atoms with Crippen LogP contribution in [0.1, 0.15) is 10.4 Å². The van der Waals surface area contributed by atoms with Gasteiger partial charge >= 0.3 is 12.1 Å². The summed E-state index contributed by atoms with van der Waals surface area (Å²) >= 11 is 0. The van der Waals surface area contributed by atoms with Crippen molar-refractivity contribution in [2.75, 3.05) is 36.4 Å². The van der Waals surface area contributed by atoms with Crippen molar-refractivity contribution in [1.29, 1.82) is 0 Å². The van der Waals surface area contributed by atoms with Crippen LogP contribution in [0.25, 0.3) is 0 Å². The van der Waals surface area contributed by atoms with Crippen molar-refractivity contribution in [1.82, 2.24) is 4.90 Å². The third-order valence-corrected chi connectivity index (χ3v) is 4.39. The van der Waals surface area contributed by atoms with Crippen LogP contribution in [0.3, 0.4) is 0 Å². The predicted molar refractivity (Wildman–Crippen MR) is 95.6 cm³/mol. The number of carbonyl (C=O) groups excluding carboxylic acids is 2. The van der Waals surface area contributed by atoms with Gasteiger partial charge in [0.2, 0.25) is 0 Å². The molecule has 0 radical (unpaired) electrons. The Morgan fingerprint density at radius 2 is 1.57 bits per heavy atom. The summed E-state index contributed by atoms with van der Waals surface area (Å²) in [5.74, 6) is -2.78. The molecule has 0 atom stereocenters. The average Bonchev–Trinajstić information content (AvgIpc) is 2.67. The van der Waals surface area contributed by atoms with E-state index in [2.05, 4.69) is 5.32 Å². The van der Waals surface area contributed by atoms with Gasteiger partial charge in [0.1, 0.15) is 5.82 Å². The zero-order valence-corrected chi connectivity index (χ0v) is 14.7. The van der Waals surface area contributed by atoms with Crippen LogP contribution < -0.4 is 10.2 Å². The number of carbonyl (C=O) groups is 2. The van der Waals surface area contributed by atoms with Crippen LogP contribution in [0.2, 0.25) is 0 Å². The van der Waals surface area contributed by atoms with Crippen molar-refractivity contribution >= 4 is 23.2 Å². The molecule has 0 spiro atoms.